The Morgan fingerprint density at radius 1 is 1.05 bits per heavy atom. The highest BCUT2D eigenvalue weighted by Gasteiger charge is 2.73. The molecule has 0 unspecified atom stereocenters. The van der Waals surface area contributed by atoms with E-state index in [4.69, 9.17) is 19.4 Å². The standard InChI is InChI=1S/C28H30N2O6.C2HF3O2/c1-5-29-25(32)22-23(26(29)33)28(27(34)36-4)13-6-14-30(28)24(22)19-11-12-20(21(15-19)35-3)18-9-7-17(8-10-18)16(2)31;3-2(4,5)1(6)7/h7-12,15,22-24H,5-6,13-14H2,1-4H3;(H,6,7)/t22-,23-,24+,28-;/m0./s1. The first-order valence-corrected chi connectivity index (χ1v) is 13.5. The zero-order chi connectivity index (χ0) is 31.9. The average molecular weight is 605 g/mol. The number of likely N-dealkylation sites (tertiary alicyclic amines) is 1. The van der Waals surface area contributed by atoms with Gasteiger partial charge in [-0.25, -0.2) is 4.79 Å². The van der Waals surface area contributed by atoms with E-state index in [-0.39, 0.29) is 24.1 Å². The van der Waals surface area contributed by atoms with Crippen molar-refractivity contribution >= 4 is 29.5 Å². The Hall–Kier alpha value is -4.26. The van der Waals surface area contributed by atoms with Crippen LogP contribution in [0.1, 0.15) is 48.7 Å². The van der Waals surface area contributed by atoms with Gasteiger partial charge in [-0.15, -0.1) is 0 Å². The highest BCUT2D eigenvalue weighted by Crippen LogP contribution is 2.59. The molecule has 2 aromatic rings. The molecule has 0 bridgehead atoms. The number of hydrogen-bond donors (Lipinski definition) is 1. The molecule has 13 heteroatoms. The smallest absolute Gasteiger partial charge is 0.490 e. The number of nitrogens with zero attached hydrogens (tertiary/aromatic N) is 2. The van der Waals surface area contributed by atoms with Crippen molar-refractivity contribution in [1.82, 2.24) is 9.80 Å². The van der Waals surface area contributed by atoms with Crippen LogP contribution in [0.15, 0.2) is 42.5 Å². The van der Waals surface area contributed by atoms with E-state index in [2.05, 4.69) is 0 Å². The molecule has 3 aliphatic rings. The number of aliphatic carboxylic acids is 1. The van der Waals surface area contributed by atoms with Crippen LogP contribution in [0.2, 0.25) is 0 Å². The average Bonchev–Trinajstić information content (AvgIpc) is 3.60. The van der Waals surface area contributed by atoms with Crippen LogP contribution < -0.4 is 4.74 Å². The largest absolute Gasteiger partial charge is 0.496 e. The molecule has 2 amide bonds. The van der Waals surface area contributed by atoms with E-state index in [1.54, 1.807) is 26.2 Å². The fourth-order valence-electron chi connectivity index (χ4n) is 6.59. The van der Waals surface area contributed by atoms with Crippen molar-refractivity contribution < 1.29 is 51.7 Å². The lowest BCUT2D eigenvalue weighted by Crippen LogP contribution is -2.54. The number of fused-ring (bicyclic) bond motifs is 3. The first kappa shape index (κ1) is 31.7. The molecule has 230 valence electrons. The predicted molar refractivity (Wildman–Crippen MR) is 145 cm³/mol. The third-order valence-corrected chi connectivity index (χ3v) is 8.37. The van der Waals surface area contributed by atoms with E-state index < -0.39 is 41.5 Å². The van der Waals surface area contributed by atoms with Gasteiger partial charge in [-0.2, -0.15) is 13.2 Å². The number of ether oxygens (including phenoxy) is 2. The van der Waals surface area contributed by atoms with Gasteiger partial charge in [0.05, 0.1) is 26.1 Å². The molecule has 10 nitrogen and oxygen atoms in total. The molecule has 3 aliphatic heterocycles. The summed E-state index contributed by atoms with van der Waals surface area (Å²) in [5.41, 5.74) is 2.04. The van der Waals surface area contributed by atoms with E-state index >= 15 is 0 Å². The molecule has 5 rings (SSSR count). The van der Waals surface area contributed by atoms with Crippen LogP contribution in [-0.4, -0.2) is 83.5 Å². The number of esters is 1. The molecule has 0 saturated carbocycles. The number of alkyl halides is 3. The maximum Gasteiger partial charge on any atom is 0.490 e. The Kier molecular flexibility index (Phi) is 8.68. The van der Waals surface area contributed by atoms with Crippen molar-refractivity contribution in [2.75, 3.05) is 27.3 Å². The molecule has 4 atom stereocenters. The van der Waals surface area contributed by atoms with Gasteiger partial charge in [0.1, 0.15) is 11.3 Å². The van der Waals surface area contributed by atoms with Crippen LogP contribution in [0.5, 0.6) is 5.75 Å². The van der Waals surface area contributed by atoms with E-state index in [0.29, 0.717) is 24.3 Å². The van der Waals surface area contributed by atoms with Crippen LogP contribution in [0.25, 0.3) is 11.1 Å². The number of benzene rings is 2. The topological polar surface area (TPSA) is 131 Å². The number of Topliss-reactive ketones (excluding diaryl/α,β-unsaturated/α-hetero) is 1. The van der Waals surface area contributed by atoms with Crippen molar-refractivity contribution in [3.05, 3.63) is 53.6 Å². The number of carbonyl (C=O) groups is 5. The first-order chi connectivity index (χ1) is 20.2. The molecule has 3 saturated heterocycles. The maximum atomic E-state index is 13.5. The van der Waals surface area contributed by atoms with Crippen molar-refractivity contribution in [3.63, 3.8) is 0 Å². The first-order valence-electron chi connectivity index (χ1n) is 13.5. The van der Waals surface area contributed by atoms with Crippen LogP contribution in [0.4, 0.5) is 13.2 Å². The second kappa shape index (κ2) is 11.8. The molecule has 0 aromatic heterocycles. The number of carboxylic acids is 1. The number of amides is 2. The highest BCUT2D eigenvalue weighted by atomic mass is 19.4. The molecular weight excluding hydrogens is 573 g/mol. The fourth-order valence-corrected chi connectivity index (χ4v) is 6.59. The number of carboxylic acid groups (broad SMARTS) is 1. The Morgan fingerprint density at radius 2 is 1.67 bits per heavy atom. The van der Waals surface area contributed by atoms with Gasteiger partial charge in [0.25, 0.3) is 0 Å². The van der Waals surface area contributed by atoms with Crippen molar-refractivity contribution in [1.29, 1.82) is 0 Å². The highest BCUT2D eigenvalue weighted by molar-refractivity contribution is 6.09. The normalized spacial score (nSPS) is 24.6. The summed E-state index contributed by atoms with van der Waals surface area (Å²) in [7, 11) is 2.92. The van der Waals surface area contributed by atoms with Crippen LogP contribution in [0, 0.1) is 11.8 Å². The number of rotatable bonds is 6. The van der Waals surface area contributed by atoms with Crippen molar-refractivity contribution in [3.8, 4) is 16.9 Å². The Morgan fingerprint density at radius 3 is 2.19 bits per heavy atom. The lowest BCUT2D eigenvalue weighted by Gasteiger charge is -2.36. The van der Waals surface area contributed by atoms with Crippen LogP contribution in [-0.2, 0) is 23.9 Å². The third-order valence-electron chi connectivity index (χ3n) is 8.37. The van der Waals surface area contributed by atoms with E-state index in [9.17, 15) is 32.3 Å². The minimum atomic E-state index is -5.08. The van der Waals surface area contributed by atoms with E-state index in [1.807, 2.05) is 35.2 Å². The monoisotopic (exact) mass is 604 g/mol. The maximum absolute atomic E-state index is 13.5. The SMILES string of the molecule is CCN1C(=O)[C@@H]2[C@@H](c3ccc(-c4ccc(C(C)=O)cc4)c(OC)c3)N3CCC[C@@]3(C(=O)OC)[C@@H]2C1=O.O=C(O)C(F)(F)F. The molecule has 3 fully saturated rings. The molecule has 3 heterocycles. The number of imide groups is 1. The number of carbonyl (C=O) groups excluding carboxylic acids is 4. The number of methoxy groups -OCH3 is 2. The van der Waals surface area contributed by atoms with Crippen molar-refractivity contribution in [2.45, 2.75) is 44.4 Å². The van der Waals surface area contributed by atoms with Gasteiger partial charge in [0, 0.05) is 23.7 Å². The number of ketones is 1. The predicted octanol–water partition coefficient (Wildman–Crippen LogP) is 3.88. The molecule has 0 aliphatic carbocycles. The van der Waals surface area contributed by atoms with E-state index in [0.717, 1.165) is 23.1 Å². The summed E-state index contributed by atoms with van der Waals surface area (Å²) in [5.74, 6) is -4.57. The zero-order valence-corrected chi connectivity index (χ0v) is 23.9. The Bertz CT molecular complexity index is 1460. The number of hydrogen-bond acceptors (Lipinski definition) is 8. The van der Waals surface area contributed by atoms with Gasteiger partial charge in [-0.3, -0.25) is 29.0 Å². The Labute approximate surface area is 245 Å². The fraction of sp³-hybridized carbons (Fsp3) is 0.433. The minimum absolute atomic E-state index is 0.00347. The van der Waals surface area contributed by atoms with Gasteiger partial charge in [-0.05, 0) is 50.4 Å². The van der Waals surface area contributed by atoms with Crippen molar-refractivity contribution in [2.24, 2.45) is 11.8 Å². The minimum Gasteiger partial charge on any atom is -0.496 e. The summed E-state index contributed by atoms with van der Waals surface area (Å²) in [6.07, 6.45) is -3.87. The molecule has 0 spiro atoms. The lowest BCUT2D eigenvalue weighted by molar-refractivity contribution is -0.192. The lowest BCUT2D eigenvalue weighted by atomic mass is 9.77. The van der Waals surface area contributed by atoms with Gasteiger partial charge in [-0.1, -0.05) is 36.4 Å². The summed E-state index contributed by atoms with van der Waals surface area (Å²) in [5, 5.41) is 7.12. The van der Waals surface area contributed by atoms with Gasteiger partial charge in [0.2, 0.25) is 11.8 Å². The van der Waals surface area contributed by atoms with Crippen LogP contribution in [0.3, 0.4) is 0 Å². The second-order valence-electron chi connectivity index (χ2n) is 10.5. The van der Waals surface area contributed by atoms with Gasteiger partial charge < -0.3 is 14.6 Å². The van der Waals surface area contributed by atoms with Gasteiger partial charge >= 0.3 is 18.1 Å². The molecule has 2 aromatic carbocycles. The third kappa shape index (κ3) is 5.26. The second-order valence-corrected chi connectivity index (χ2v) is 10.5. The summed E-state index contributed by atoms with van der Waals surface area (Å²) in [4.78, 5) is 64.0. The van der Waals surface area contributed by atoms with E-state index in [1.165, 1.54) is 18.9 Å². The summed E-state index contributed by atoms with van der Waals surface area (Å²) < 4.78 is 42.7. The zero-order valence-electron chi connectivity index (χ0n) is 23.9. The summed E-state index contributed by atoms with van der Waals surface area (Å²) >= 11 is 0. The molecular formula is C30H31F3N2O8. The number of halogens is 3. The molecule has 1 N–H and O–H groups in total. The van der Waals surface area contributed by atoms with Crippen LogP contribution >= 0.6 is 0 Å². The summed E-state index contributed by atoms with van der Waals surface area (Å²) in [6, 6.07) is 12.6. The Balaban J connectivity index is 0.000000541. The molecule has 43 heavy (non-hydrogen) atoms. The molecule has 0 radical (unpaired) electrons. The quantitative estimate of drug-likeness (QED) is 0.297. The van der Waals surface area contributed by atoms with Gasteiger partial charge in [0.15, 0.2) is 5.78 Å². The summed E-state index contributed by atoms with van der Waals surface area (Å²) in [6.45, 7) is 4.17.